The number of nitrogens with one attached hydrogen (secondary N) is 1. The second-order valence-corrected chi connectivity index (χ2v) is 14.0. The number of fused-ring (bicyclic) bond motifs is 8. The quantitative estimate of drug-likeness (QED) is 0.186. The summed E-state index contributed by atoms with van der Waals surface area (Å²) in [5.41, 5.74) is 9.55. The molecule has 0 radical (unpaired) electrons. The first kappa shape index (κ1) is 28.8. The minimum atomic E-state index is 0.864. The van der Waals surface area contributed by atoms with Gasteiger partial charge in [0.2, 0.25) is 0 Å². The zero-order chi connectivity index (χ0) is 33.0. The van der Waals surface area contributed by atoms with Crippen LogP contribution < -0.4 is 10.2 Å². The predicted molar refractivity (Wildman–Crippen MR) is 217 cm³/mol. The molecule has 0 fully saturated rings. The number of nitrogens with zero attached hydrogens (tertiary/aromatic N) is 1. The first-order valence-corrected chi connectivity index (χ1v) is 18.0. The number of anilines is 4. The molecule has 0 aliphatic carbocycles. The van der Waals surface area contributed by atoms with Gasteiger partial charge in [-0.3, -0.25) is 0 Å². The Morgan fingerprint density at radius 3 is 1.88 bits per heavy atom. The molecule has 10 rings (SSSR count). The van der Waals surface area contributed by atoms with Crippen molar-refractivity contribution in [3.05, 3.63) is 175 Å². The molecule has 1 aromatic heterocycles. The van der Waals surface area contributed by atoms with Gasteiger partial charge in [0.05, 0.1) is 10.7 Å². The van der Waals surface area contributed by atoms with Crippen LogP contribution in [0.1, 0.15) is 5.56 Å². The second-order valence-electron chi connectivity index (χ2n) is 13.0. The Morgan fingerprint density at radius 1 is 0.480 bits per heavy atom. The van der Waals surface area contributed by atoms with Crippen LogP contribution in [0.25, 0.3) is 70.7 Å². The van der Waals surface area contributed by atoms with Gasteiger partial charge in [-0.05, 0) is 97.0 Å². The van der Waals surface area contributed by atoms with E-state index in [2.05, 4.69) is 186 Å². The molecule has 0 spiro atoms. The minimum absolute atomic E-state index is 0.864. The van der Waals surface area contributed by atoms with E-state index >= 15 is 0 Å². The van der Waals surface area contributed by atoms with Crippen LogP contribution in [0.15, 0.2) is 170 Å². The van der Waals surface area contributed by atoms with Crippen LogP contribution >= 0.6 is 11.3 Å². The van der Waals surface area contributed by atoms with Crippen molar-refractivity contribution in [2.24, 2.45) is 0 Å². The van der Waals surface area contributed by atoms with Gasteiger partial charge in [-0.25, -0.2) is 0 Å². The molecule has 0 bridgehead atoms. The van der Waals surface area contributed by atoms with Crippen molar-refractivity contribution in [3.63, 3.8) is 0 Å². The normalized spacial score (nSPS) is 12.4. The highest BCUT2D eigenvalue weighted by molar-refractivity contribution is 7.23. The summed E-state index contributed by atoms with van der Waals surface area (Å²) >= 11 is 1.83. The molecule has 3 heteroatoms. The summed E-state index contributed by atoms with van der Waals surface area (Å²) in [6.07, 6.45) is 4.49. The third-order valence-electron chi connectivity index (χ3n) is 10.1. The molecule has 236 valence electrons. The zero-order valence-electron chi connectivity index (χ0n) is 27.3. The Labute approximate surface area is 295 Å². The molecule has 1 aliphatic heterocycles. The van der Waals surface area contributed by atoms with Crippen LogP contribution in [-0.4, -0.2) is 6.54 Å². The summed E-state index contributed by atoms with van der Waals surface area (Å²) in [4.78, 5) is 2.41. The van der Waals surface area contributed by atoms with Gasteiger partial charge in [0.25, 0.3) is 0 Å². The topological polar surface area (TPSA) is 15.3 Å². The van der Waals surface area contributed by atoms with Crippen LogP contribution in [0.4, 0.5) is 22.1 Å². The number of benzene rings is 8. The summed E-state index contributed by atoms with van der Waals surface area (Å²) < 4.78 is 1.28. The molecule has 2 heterocycles. The van der Waals surface area contributed by atoms with E-state index in [1.54, 1.807) is 0 Å². The average molecular weight is 657 g/mol. The molecule has 9 aromatic rings. The monoisotopic (exact) mass is 656 g/mol. The third-order valence-corrected chi connectivity index (χ3v) is 11.2. The number of rotatable bonds is 5. The lowest BCUT2D eigenvalue weighted by Crippen LogP contribution is -2.10. The van der Waals surface area contributed by atoms with Gasteiger partial charge in [-0.15, -0.1) is 11.3 Å². The van der Waals surface area contributed by atoms with Gasteiger partial charge >= 0.3 is 0 Å². The SMILES string of the molecule is C1=Cc2c(sc3cccc(N(c4ccc(-c5ccccc5)cc4)c4ccc(-c5ccc6c(ccc7c8ccccc8ccc67)c5)cc4)c23)NC1. The standard InChI is InChI=1S/C47H32N2S/c1-2-8-31(9-3-1)32-15-22-37(23-16-32)49(44-13-6-14-45-46(44)43-12-7-29-48-47(43)50-45)38-24-17-33(18-25-38)35-20-26-40-36(30-35)21-28-41-39-11-5-4-10-34(39)19-27-42(40)41/h1-28,30,48H,29H2. The lowest BCUT2D eigenvalue weighted by Gasteiger charge is -2.27. The van der Waals surface area contributed by atoms with E-state index in [1.165, 1.54) is 80.9 Å². The Hall–Kier alpha value is -6.16. The lowest BCUT2D eigenvalue weighted by atomic mass is 9.95. The first-order valence-electron chi connectivity index (χ1n) is 17.1. The van der Waals surface area contributed by atoms with E-state index in [0.29, 0.717) is 0 Å². The Kier molecular flexibility index (Phi) is 6.78. The fourth-order valence-electron chi connectivity index (χ4n) is 7.63. The molecule has 0 saturated heterocycles. The second kappa shape index (κ2) is 11.8. The highest BCUT2D eigenvalue weighted by Gasteiger charge is 2.21. The van der Waals surface area contributed by atoms with Crippen LogP contribution in [0.3, 0.4) is 0 Å². The number of hydrogen-bond donors (Lipinski definition) is 1. The highest BCUT2D eigenvalue weighted by Crippen LogP contribution is 2.47. The van der Waals surface area contributed by atoms with Gasteiger partial charge in [-0.1, -0.05) is 133 Å². The van der Waals surface area contributed by atoms with Crippen molar-refractivity contribution in [3.8, 4) is 22.3 Å². The zero-order valence-corrected chi connectivity index (χ0v) is 28.1. The molecule has 0 unspecified atom stereocenters. The van der Waals surface area contributed by atoms with Crippen molar-refractivity contribution in [1.29, 1.82) is 0 Å². The molecular weight excluding hydrogens is 625 g/mol. The summed E-state index contributed by atoms with van der Waals surface area (Å²) in [7, 11) is 0. The Morgan fingerprint density at radius 2 is 1.10 bits per heavy atom. The maximum Gasteiger partial charge on any atom is 0.0971 e. The van der Waals surface area contributed by atoms with Crippen LogP contribution in [-0.2, 0) is 0 Å². The Bertz CT molecular complexity index is 2740. The molecule has 0 saturated carbocycles. The van der Waals surface area contributed by atoms with Gasteiger partial charge in [0, 0.05) is 33.6 Å². The van der Waals surface area contributed by atoms with Crippen LogP contribution in [0, 0.1) is 0 Å². The maximum atomic E-state index is 3.59. The lowest BCUT2D eigenvalue weighted by molar-refractivity contribution is 1.30. The predicted octanol–water partition coefficient (Wildman–Crippen LogP) is 13.6. The molecule has 50 heavy (non-hydrogen) atoms. The largest absolute Gasteiger partial charge is 0.373 e. The molecule has 1 N–H and O–H groups in total. The van der Waals surface area contributed by atoms with E-state index in [0.717, 1.165) is 17.9 Å². The van der Waals surface area contributed by atoms with Crippen molar-refractivity contribution >= 4 is 81.9 Å². The number of hydrogen-bond acceptors (Lipinski definition) is 3. The summed E-state index contributed by atoms with van der Waals surface area (Å²) in [6.45, 7) is 0.864. The summed E-state index contributed by atoms with van der Waals surface area (Å²) in [5.74, 6) is 0. The summed E-state index contributed by atoms with van der Waals surface area (Å²) in [5, 5.41) is 13.8. The third kappa shape index (κ3) is 4.78. The van der Waals surface area contributed by atoms with Crippen LogP contribution in [0.5, 0.6) is 0 Å². The molecule has 0 amide bonds. The first-order chi connectivity index (χ1) is 24.8. The number of thiophene rings is 1. The van der Waals surface area contributed by atoms with Crippen molar-refractivity contribution in [2.75, 3.05) is 16.8 Å². The molecule has 1 aliphatic rings. The molecular formula is C47H32N2S. The maximum absolute atomic E-state index is 3.59. The van der Waals surface area contributed by atoms with E-state index in [1.807, 2.05) is 11.3 Å². The van der Waals surface area contributed by atoms with E-state index in [-0.39, 0.29) is 0 Å². The van der Waals surface area contributed by atoms with Crippen molar-refractivity contribution in [2.45, 2.75) is 0 Å². The molecule has 2 nitrogen and oxygen atoms in total. The van der Waals surface area contributed by atoms with E-state index in [9.17, 15) is 0 Å². The Balaban J connectivity index is 1.07. The van der Waals surface area contributed by atoms with Gasteiger partial charge in [0.1, 0.15) is 0 Å². The summed E-state index contributed by atoms with van der Waals surface area (Å²) in [6, 6.07) is 59.9. The van der Waals surface area contributed by atoms with Crippen molar-refractivity contribution < 1.29 is 0 Å². The van der Waals surface area contributed by atoms with Crippen LogP contribution in [0.2, 0.25) is 0 Å². The van der Waals surface area contributed by atoms with E-state index in [4.69, 9.17) is 0 Å². The van der Waals surface area contributed by atoms with Gasteiger partial charge in [-0.2, -0.15) is 0 Å². The fourth-order valence-corrected chi connectivity index (χ4v) is 8.75. The average Bonchev–Trinajstić information content (AvgIpc) is 3.58. The minimum Gasteiger partial charge on any atom is -0.373 e. The molecule has 0 atom stereocenters. The van der Waals surface area contributed by atoms with E-state index < -0.39 is 0 Å². The van der Waals surface area contributed by atoms with Gasteiger partial charge in [0.15, 0.2) is 0 Å². The highest BCUT2D eigenvalue weighted by atomic mass is 32.1. The van der Waals surface area contributed by atoms with Gasteiger partial charge < -0.3 is 10.2 Å². The van der Waals surface area contributed by atoms with Crippen molar-refractivity contribution in [1.82, 2.24) is 0 Å². The fraction of sp³-hybridized carbons (Fsp3) is 0.0213. The molecule has 8 aromatic carbocycles. The smallest absolute Gasteiger partial charge is 0.0971 e.